The smallest absolute Gasteiger partial charge is 0.248 e. The Kier molecular flexibility index (Phi) is 4.65. The maximum atomic E-state index is 11.4. The van der Waals surface area contributed by atoms with Crippen molar-refractivity contribution in [1.29, 1.82) is 0 Å². The minimum atomic E-state index is -0.422. The number of carbonyl (C=O) groups excluding carboxylic acids is 1. The lowest BCUT2D eigenvalue weighted by atomic mass is 10.00. The summed E-state index contributed by atoms with van der Waals surface area (Å²) in [6.45, 7) is 2.47. The summed E-state index contributed by atoms with van der Waals surface area (Å²) >= 11 is 0. The SMILES string of the molecule is NC(=O)c1ccc(C2CN(c3ccncc3)CCN2c2cnccn2)cc1. The number of hydrogen-bond acceptors (Lipinski definition) is 6. The van der Waals surface area contributed by atoms with Gasteiger partial charge in [0.25, 0.3) is 0 Å². The molecule has 1 unspecified atom stereocenters. The molecular formula is C20H20N6O. The third-order valence-corrected chi connectivity index (χ3v) is 4.83. The second-order valence-corrected chi connectivity index (χ2v) is 6.41. The zero-order valence-corrected chi connectivity index (χ0v) is 14.8. The molecule has 1 aliphatic rings. The Bertz CT molecular complexity index is 901. The molecule has 1 fully saturated rings. The highest BCUT2D eigenvalue weighted by Crippen LogP contribution is 2.31. The molecule has 7 nitrogen and oxygen atoms in total. The van der Waals surface area contributed by atoms with Gasteiger partial charge in [0.05, 0.1) is 12.2 Å². The first-order valence-corrected chi connectivity index (χ1v) is 8.80. The van der Waals surface area contributed by atoms with Crippen molar-refractivity contribution >= 4 is 17.4 Å². The van der Waals surface area contributed by atoms with Crippen molar-refractivity contribution in [2.24, 2.45) is 5.73 Å². The first kappa shape index (κ1) is 17.0. The highest BCUT2D eigenvalue weighted by atomic mass is 16.1. The molecule has 2 aromatic heterocycles. The van der Waals surface area contributed by atoms with Crippen molar-refractivity contribution in [3.8, 4) is 0 Å². The first-order valence-electron chi connectivity index (χ1n) is 8.80. The molecule has 1 amide bonds. The lowest BCUT2D eigenvalue weighted by Gasteiger charge is -2.43. The summed E-state index contributed by atoms with van der Waals surface area (Å²) in [4.78, 5) is 28.8. The number of primary amides is 1. The Balaban J connectivity index is 1.67. The molecule has 4 rings (SSSR count). The van der Waals surface area contributed by atoms with Gasteiger partial charge in [0.1, 0.15) is 5.82 Å². The number of nitrogens with two attached hydrogens (primary N) is 1. The number of anilines is 2. The predicted octanol–water partition coefficient (Wildman–Crippen LogP) is 2.04. The molecule has 136 valence electrons. The average molecular weight is 360 g/mol. The van der Waals surface area contributed by atoms with E-state index < -0.39 is 5.91 Å². The van der Waals surface area contributed by atoms with Gasteiger partial charge >= 0.3 is 0 Å². The van der Waals surface area contributed by atoms with Gasteiger partial charge in [-0.25, -0.2) is 4.98 Å². The number of rotatable bonds is 4. The third kappa shape index (κ3) is 3.57. The highest BCUT2D eigenvalue weighted by molar-refractivity contribution is 5.92. The Morgan fingerprint density at radius 3 is 2.41 bits per heavy atom. The zero-order valence-electron chi connectivity index (χ0n) is 14.8. The molecule has 7 heteroatoms. The van der Waals surface area contributed by atoms with Crippen molar-refractivity contribution in [3.63, 3.8) is 0 Å². The van der Waals surface area contributed by atoms with Crippen molar-refractivity contribution in [2.75, 3.05) is 29.4 Å². The largest absolute Gasteiger partial charge is 0.367 e. The van der Waals surface area contributed by atoms with Crippen LogP contribution in [0.1, 0.15) is 22.0 Å². The molecular weight excluding hydrogens is 340 g/mol. The van der Waals surface area contributed by atoms with E-state index in [2.05, 4.69) is 24.8 Å². The van der Waals surface area contributed by atoms with Crippen LogP contribution in [0.4, 0.5) is 11.5 Å². The van der Waals surface area contributed by atoms with Crippen LogP contribution in [0.2, 0.25) is 0 Å². The highest BCUT2D eigenvalue weighted by Gasteiger charge is 2.29. The summed E-state index contributed by atoms with van der Waals surface area (Å²) in [6, 6.07) is 11.6. The van der Waals surface area contributed by atoms with E-state index in [4.69, 9.17) is 5.73 Å². The average Bonchev–Trinajstić information content (AvgIpc) is 2.74. The summed E-state index contributed by atoms with van der Waals surface area (Å²) in [6.07, 6.45) is 8.78. The van der Waals surface area contributed by atoms with E-state index in [1.807, 2.05) is 24.3 Å². The maximum absolute atomic E-state index is 11.4. The molecule has 0 bridgehead atoms. The van der Waals surface area contributed by atoms with E-state index in [1.165, 1.54) is 0 Å². The third-order valence-electron chi connectivity index (χ3n) is 4.83. The number of aromatic nitrogens is 3. The minimum Gasteiger partial charge on any atom is -0.367 e. The van der Waals surface area contributed by atoms with Crippen LogP contribution >= 0.6 is 0 Å². The van der Waals surface area contributed by atoms with Gasteiger partial charge in [-0.15, -0.1) is 0 Å². The Morgan fingerprint density at radius 1 is 0.963 bits per heavy atom. The lowest BCUT2D eigenvalue weighted by molar-refractivity contribution is 0.100. The van der Waals surface area contributed by atoms with Crippen molar-refractivity contribution in [3.05, 3.63) is 78.5 Å². The van der Waals surface area contributed by atoms with Crippen molar-refractivity contribution in [1.82, 2.24) is 15.0 Å². The van der Waals surface area contributed by atoms with Gasteiger partial charge in [0.15, 0.2) is 0 Å². The monoisotopic (exact) mass is 360 g/mol. The fourth-order valence-electron chi connectivity index (χ4n) is 3.44. The summed E-state index contributed by atoms with van der Waals surface area (Å²) in [5.74, 6) is 0.422. The van der Waals surface area contributed by atoms with Gasteiger partial charge in [0, 0.05) is 55.7 Å². The summed E-state index contributed by atoms with van der Waals surface area (Å²) in [5.41, 5.74) is 8.13. The van der Waals surface area contributed by atoms with Crippen LogP contribution in [-0.4, -0.2) is 40.5 Å². The second-order valence-electron chi connectivity index (χ2n) is 6.41. The molecule has 1 aliphatic heterocycles. The van der Waals surface area contributed by atoms with Gasteiger partial charge in [-0.2, -0.15) is 0 Å². The number of hydrogen-bond donors (Lipinski definition) is 1. The van der Waals surface area contributed by atoms with E-state index in [0.717, 1.165) is 36.7 Å². The van der Waals surface area contributed by atoms with Crippen molar-refractivity contribution < 1.29 is 4.79 Å². The molecule has 0 radical (unpaired) electrons. The number of carbonyl (C=O) groups is 1. The van der Waals surface area contributed by atoms with Gasteiger partial charge in [0.2, 0.25) is 5.91 Å². The van der Waals surface area contributed by atoms with E-state index >= 15 is 0 Å². The molecule has 3 heterocycles. The van der Waals surface area contributed by atoms with E-state index in [0.29, 0.717) is 5.56 Å². The molecule has 3 aromatic rings. The minimum absolute atomic E-state index is 0.0746. The van der Waals surface area contributed by atoms with Gasteiger partial charge in [-0.1, -0.05) is 12.1 Å². The number of nitrogens with zero attached hydrogens (tertiary/aromatic N) is 5. The van der Waals surface area contributed by atoms with Crippen molar-refractivity contribution in [2.45, 2.75) is 6.04 Å². The zero-order chi connectivity index (χ0) is 18.6. The number of piperazine rings is 1. The molecule has 0 aliphatic carbocycles. The summed E-state index contributed by atoms with van der Waals surface area (Å²) < 4.78 is 0. The van der Waals surface area contributed by atoms with Gasteiger partial charge in [-0.05, 0) is 29.8 Å². The van der Waals surface area contributed by atoms with Gasteiger partial charge < -0.3 is 15.5 Å². The normalized spacial score (nSPS) is 17.0. The number of benzene rings is 1. The fourth-order valence-corrected chi connectivity index (χ4v) is 3.44. The van der Waals surface area contributed by atoms with E-state index in [1.54, 1.807) is 43.1 Å². The Morgan fingerprint density at radius 2 is 1.74 bits per heavy atom. The fraction of sp³-hybridized carbons (Fsp3) is 0.200. The summed E-state index contributed by atoms with van der Waals surface area (Å²) in [7, 11) is 0. The quantitative estimate of drug-likeness (QED) is 0.766. The Labute approximate surface area is 157 Å². The van der Waals surface area contributed by atoms with Crippen LogP contribution in [0.3, 0.4) is 0 Å². The molecule has 1 atom stereocenters. The standard InChI is InChI=1S/C20H20N6O/c21-20(27)16-3-1-15(2-4-16)18-14-25(17-5-7-22-8-6-17)11-12-26(18)19-13-23-9-10-24-19/h1-10,13,18H,11-12,14H2,(H2,21,27). The lowest BCUT2D eigenvalue weighted by Crippen LogP contribution is -2.49. The van der Waals surface area contributed by atoms with Gasteiger partial charge in [-0.3, -0.25) is 14.8 Å². The first-order chi connectivity index (χ1) is 13.2. The molecule has 1 saturated heterocycles. The molecule has 1 aromatic carbocycles. The van der Waals surface area contributed by atoms with E-state index in [-0.39, 0.29) is 6.04 Å². The van der Waals surface area contributed by atoms with Crippen LogP contribution in [-0.2, 0) is 0 Å². The van der Waals surface area contributed by atoms with Crippen LogP contribution < -0.4 is 15.5 Å². The number of pyridine rings is 1. The van der Waals surface area contributed by atoms with Crippen LogP contribution in [0.25, 0.3) is 0 Å². The van der Waals surface area contributed by atoms with Crippen LogP contribution in [0, 0.1) is 0 Å². The molecule has 0 spiro atoms. The molecule has 0 saturated carbocycles. The Hall–Kier alpha value is -3.48. The number of amides is 1. The second kappa shape index (κ2) is 7.41. The topological polar surface area (TPSA) is 88.2 Å². The maximum Gasteiger partial charge on any atom is 0.248 e. The van der Waals surface area contributed by atoms with Crippen LogP contribution in [0.15, 0.2) is 67.4 Å². The van der Waals surface area contributed by atoms with Crippen LogP contribution in [0.5, 0.6) is 0 Å². The van der Waals surface area contributed by atoms with E-state index in [9.17, 15) is 4.79 Å². The molecule has 2 N–H and O–H groups in total. The predicted molar refractivity (Wildman–Crippen MR) is 104 cm³/mol. The summed E-state index contributed by atoms with van der Waals surface area (Å²) in [5, 5.41) is 0. The molecule has 27 heavy (non-hydrogen) atoms.